The number of amides is 2. The van der Waals surface area contributed by atoms with E-state index in [2.05, 4.69) is 45.4 Å². The normalized spacial score (nSPS) is 13.2. The molecule has 14 nitrogen and oxygen atoms in total. The number of carbonyl (C=O) groups is 1. The Morgan fingerprint density at radius 2 is 1.52 bits per heavy atom. The highest BCUT2D eigenvalue weighted by Crippen LogP contribution is 2.29. The second-order valence-electron chi connectivity index (χ2n) is 9.82. The third-order valence-corrected chi connectivity index (χ3v) is 6.82. The summed E-state index contributed by atoms with van der Waals surface area (Å²) in [4.78, 5) is 38.2. The maximum absolute atomic E-state index is 12.9. The molecule has 0 radical (unpaired) electrons. The average molecular weight is 602 g/mol. The van der Waals surface area contributed by atoms with Crippen LogP contribution in [0.5, 0.6) is 29.5 Å². The van der Waals surface area contributed by atoms with Gasteiger partial charge in [0.2, 0.25) is 5.95 Å². The van der Waals surface area contributed by atoms with Gasteiger partial charge < -0.3 is 34.5 Å². The number of aromatic nitrogens is 5. The molecule has 2 aromatic carbocycles. The number of para-hydroxylation sites is 1. The van der Waals surface area contributed by atoms with Crippen molar-refractivity contribution in [2.45, 2.75) is 13.3 Å². The molecule has 5 rings (SSSR count). The minimum absolute atomic E-state index is 0.0139. The molecule has 0 spiro atoms. The summed E-state index contributed by atoms with van der Waals surface area (Å²) in [7, 11) is 2.87. The number of urea groups is 1. The van der Waals surface area contributed by atoms with Gasteiger partial charge in [0.15, 0.2) is 0 Å². The number of aryl methyl sites for hydroxylation is 1. The third kappa shape index (κ3) is 8.19. The molecule has 44 heavy (non-hydrogen) atoms. The minimum Gasteiger partial charge on any atom is -0.491 e. The molecule has 0 aliphatic carbocycles. The van der Waals surface area contributed by atoms with Crippen molar-refractivity contribution in [3.05, 3.63) is 66.5 Å². The zero-order valence-corrected chi connectivity index (χ0v) is 24.9. The van der Waals surface area contributed by atoms with E-state index in [1.165, 1.54) is 14.2 Å². The van der Waals surface area contributed by atoms with Crippen molar-refractivity contribution < 1.29 is 23.7 Å². The molecule has 1 aliphatic heterocycles. The molecule has 4 aromatic rings. The van der Waals surface area contributed by atoms with Crippen LogP contribution in [0.15, 0.2) is 60.9 Å². The zero-order chi connectivity index (χ0) is 30.7. The molecule has 2 aromatic heterocycles. The number of nitrogens with one attached hydrogen (secondary N) is 2. The lowest BCUT2D eigenvalue weighted by Gasteiger charge is -2.34. The number of hydrogen-bond acceptors (Lipinski definition) is 12. The number of hydrogen-bond donors (Lipinski definition) is 2. The first-order chi connectivity index (χ1) is 21.5. The fraction of sp³-hybridized carbons (Fsp3) is 0.333. The third-order valence-electron chi connectivity index (χ3n) is 6.82. The Morgan fingerprint density at radius 1 is 0.841 bits per heavy atom. The van der Waals surface area contributed by atoms with Crippen molar-refractivity contribution in [3.63, 3.8) is 0 Å². The zero-order valence-electron chi connectivity index (χ0n) is 24.9. The quantitative estimate of drug-likeness (QED) is 0.226. The van der Waals surface area contributed by atoms with E-state index in [1.807, 2.05) is 31.2 Å². The van der Waals surface area contributed by atoms with E-state index < -0.39 is 6.03 Å². The number of rotatable bonds is 12. The molecule has 1 fully saturated rings. The molecule has 1 saturated heterocycles. The van der Waals surface area contributed by atoms with E-state index in [-0.39, 0.29) is 18.0 Å². The van der Waals surface area contributed by atoms with E-state index in [1.54, 1.807) is 36.7 Å². The van der Waals surface area contributed by atoms with Crippen LogP contribution in [-0.4, -0.2) is 89.4 Å². The number of ether oxygens (including phenoxy) is 4. The summed E-state index contributed by atoms with van der Waals surface area (Å²) in [6.07, 6.45) is 4.41. The highest BCUT2D eigenvalue weighted by molar-refractivity contribution is 6.01. The van der Waals surface area contributed by atoms with Crippen LogP contribution in [0.4, 0.5) is 22.1 Å². The van der Waals surface area contributed by atoms with Gasteiger partial charge in [-0.3, -0.25) is 4.90 Å². The van der Waals surface area contributed by atoms with Gasteiger partial charge in [0.25, 0.3) is 0 Å². The molecule has 2 amide bonds. The summed E-state index contributed by atoms with van der Waals surface area (Å²) < 4.78 is 21.9. The molecule has 0 unspecified atom stereocenters. The number of nitrogens with zero attached hydrogens (tertiary/aromatic N) is 7. The van der Waals surface area contributed by atoms with Crippen molar-refractivity contribution in [1.82, 2.24) is 29.8 Å². The van der Waals surface area contributed by atoms with Gasteiger partial charge in [0, 0.05) is 50.8 Å². The molecule has 0 bridgehead atoms. The number of methoxy groups -OCH3 is 2. The van der Waals surface area contributed by atoms with Crippen LogP contribution in [0.1, 0.15) is 12.0 Å². The summed E-state index contributed by atoms with van der Waals surface area (Å²) in [5.41, 5.74) is 2.08. The Labute approximate surface area is 255 Å². The number of piperazine rings is 1. The first kappa shape index (κ1) is 30.2. The average Bonchev–Trinajstić information content (AvgIpc) is 3.06. The number of benzene rings is 2. The van der Waals surface area contributed by atoms with E-state index in [0.29, 0.717) is 29.5 Å². The molecule has 0 atom stereocenters. The van der Waals surface area contributed by atoms with E-state index in [0.717, 1.165) is 50.7 Å². The Kier molecular flexibility index (Phi) is 10.2. The van der Waals surface area contributed by atoms with Crippen LogP contribution in [-0.2, 0) is 0 Å². The van der Waals surface area contributed by atoms with Crippen molar-refractivity contribution in [2.75, 3.05) is 69.1 Å². The molecule has 14 heteroatoms. The minimum atomic E-state index is -0.398. The molecule has 0 saturated carbocycles. The van der Waals surface area contributed by atoms with Gasteiger partial charge >= 0.3 is 24.1 Å². The van der Waals surface area contributed by atoms with E-state index in [9.17, 15) is 4.79 Å². The maximum Gasteiger partial charge on any atom is 0.331 e. The lowest BCUT2D eigenvalue weighted by Crippen LogP contribution is -2.47. The van der Waals surface area contributed by atoms with Gasteiger partial charge in [-0.15, -0.1) is 15.0 Å². The second-order valence-corrected chi connectivity index (χ2v) is 9.82. The van der Waals surface area contributed by atoms with Crippen molar-refractivity contribution in [1.29, 1.82) is 0 Å². The van der Waals surface area contributed by atoms with Crippen LogP contribution in [0, 0.1) is 6.92 Å². The standard InChI is InChI=1S/C30H35N9O5/c1-21-7-4-8-24(43-20-6-15-38-16-18-39(19-17-38)26-31-13-5-14-32-26)25(21)34-27(40)33-22-9-11-23(12-10-22)44-30-36-28(41-2)35-29(37-30)42-3/h4-5,7-14H,6,15-20H2,1-3H3,(H2,33,34,40). The number of carbonyl (C=O) groups excluding carboxylic acids is 1. The topological polar surface area (TPSA) is 149 Å². The van der Waals surface area contributed by atoms with Crippen LogP contribution in [0.25, 0.3) is 0 Å². The summed E-state index contributed by atoms with van der Waals surface area (Å²) in [6, 6.07) is 14.0. The first-order valence-corrected chi connectivity index (χ1v) is 14.2. The van der Waals surface area contributed by atoms with Crippen LogP contribution >= 0.6 is 0 Å². The smallest absolute Gasteiger partial charge is 0.331 e. The predicted molar refractivity (Wildman–Crippen MR) is 164 cm³/mol. The second kappa shape index (κ2) is 14.8. The highest BCUT2D eigenvalue weighted by Gasteiger charge is 2.18. The fourth-order valence-corrected chi connectivity index (χ4v) is 4.55. The lowest BCUT2D eigenvalue weighted by molar-refractivity contribution is 0.224. The van der Waals surface area contributed by atoms with E-state index in [4.69, 9.17) is 18.9 Å². The van der Waals surface area contributed by atoms with Gasteiger partial charge in [-0.1, -0.05) is 12.1 Å². The Bertz CT molecular complexity index is 1500. The monoisotopic (exact) mass is 601 g/mol. The van der Waals surface area contributed by atoms with Gasteiger partial charge in [0.05, 0.1) is 26.5 Å². The van der Waals surface area contributed by atoms with Crippen LogP contribution < -0.4 is 34.5 Å². The fourth-order valence-electron chi connectivity index (χ4n) is 4.55. The molecule has 3 heterocycles. The molecule has 1 aliphatic rings. The van der Waals surface area contributed by atoms with Crippen molar-refractivity contribution in [3.8, 4) is 29.5 Å². The van der Waals surface area contributed by atoms with Crippen LogP contribution in [0.3, 0.4) is 0 Å². The Hall–Kier alpha value is -5.24. The molecule has 2 N–H and O–H groups in total. The predicted octanol–water partition coefficient (Wildman–Crippen LogP) is 4.01. The summed E-state index contributed by atoms with van der Waals surface area (Å²) in [6.45, 7) is 7.06. The molecular weight excluding hydrogens is 566 g/mol. The van der Waals surface area contributed by atoms with Gasteiger partial charge in [0.1, 0.15) is 11.5 Å². The van der Waals surface area contributed by atoms with Crippen molar-refractivity contribution >= 4 is 23.4 Å². The summed E-state index contributed by atoms with van der Waals surface area (Å²) in [5, 5.41) is 5.77. The number of anilines is 3. The lowest BCUT2D eigenvalue weighted by atomic mass is 10.2. The van der Waals surface area contributed by atoms with Crippen molar-refractivity contribution in [2.24, 2.45) is 0 Å². The first-order valence-electron chi connectivity index (χ1n) is 14.2. The maximum atomic E-state index is 12.9. The SMILES string of the molecule is COc1nc(OC)nc(Oc2ccc(NC(=O)Nc3c(C)cccc3OCCCN3CCN(c4ncccn4)CC3)cc2)n1. The van der Waals surface area contributed by atoms with Gasteiger partial charge in [-0.25, -0.2) is 14.8 Å². The molecular formula is C30H35N9O5. The Morgan fingerprint density at radius 3 is 2.20 bits per heavy atom. The Balaban J connectivity index is 1.09. The largest absolute Gasteiger partial charge is 0.491 e. The van der Waals surface area contributed by atoms with Gasteiger partial charge in [-0.05, 0) is 55.3 Å². The summed E-state index contributed by atoms with van der Waals surface area (Å²) >= 11 is 0. The van der Waals surface area contributed by atoms with Gasteiger partial charge in [-0.2, -0.15) is 0 Å². The summed E-state index contributed by atoms with van der Waals surface area (Å²) in [5.74, 6) is 1.86. The molecule has 230 valence electrons. The van der Waals surface area contributed by atoms with Crippen LogP contribution in [0.2, 0.25) is 0 Å². The highest BCUT2D eigenvalue weighted by atomic mass is 16.5. The van der Waals surface area contributed by atoms with E-state index >= 15 is 0 Å².